The predicted molar refractivity (Wildman–Crippen MR) is 51.3 cm³/mol. The van der Waals surface area contributed by atoms with E-state index in [0.717, 1.165) is 12.1 Å². The summed E-state index contributed by atoms with van der Waals surface area (Å²) in [5.74, 6) is 0. The molecule has 0 aliphatic rings. The average Bonchev–Trinajstić information content (AvgIpc) is 2.01. The first-order valence-corrected chi connectivity index (χ1v) is 4.56. The standard InChI is InChI=1S/C7H4F3I.CHF3/c8-7(9,10)5-2-1-3-6(11)4-5;2-1(3)4/h1-4H;1H. The normalized spacial score (nSPS) is 10.9. The first-order valence-electron chi connectivity index (χ1n) is 3.48. The van der Waals surface area contributed by atoms with E-state index >= 15 is 0 Å². The highest BCUT2D eigenvalue weighted by Gasteiger charge is 2.30. The fourth-order valence-electron chi connectivity index (χ4n) is 0.665. The molecular formula is C8H5F6I. The molecule has 86 valence electrons. The minimum Gasteiger partial charge on any atom is -0.174 e. The van der Waals surface area contributed by atoms with Crippen LogP contribution < -0.4 is 0 Å². The summed E-state index contributed by atoms with van der Waals surface area (Å²) in [6, 6.07) is 5.18. The van der Waals surface area contributed by atoms with Crippen LogP contribution in [-0.2, 0) is 6.18 Å². The van der Waals surface area contributed by atoms with Gasteiger partial charge < -0.3 is 0 Å². The van der Waals surface area contributed by atoms with E-state index in [0.29, 0.717) is 3.57 Å². The van der Waals surface area contributed by atoms with Crippen LogP contribution in [0.2, 0.25) is 0 Å². The summed E-state index contributed by atoms with van der Waals surface area (Å²) in [4.78, 5) is 0. The Morgan fingerprint density at radius 1 is 1.07 bits per heavy atom. The van der Waals surface area contributed by atoms with Gasteiger partial charge in [-0.15, -0.1) is 0 Å². The molecule has 0 aliphatic heterocycles. The molecule has 0 saturated heterocycles. The molecule has 15 heavy (non-hydrogen) atoms. The van der Waals surface area contributed by atoms with E-state index in [1.165, 1.54) is 6.07 Å². The van der Waals surface area contributed by atoms with Gasteiger partial charge in [-0.1, -0.05) is 6.07 Å². The van der Waals surface area contributed by atoms with Crippen LogP contribution in [0, 0.1) is 3.57 Å². The third-order valence-corrected chi connectivity index (χ3v) is 1.82. The van der Waals surface area contributed by atoms with Gasteiger partial charge in [0.2, 0.25) is 0 Å². The summed E-state index contributed by atoms with van der Waals surface area (Å²) in [6.45, 7) is -3.67. The van der Waals surface area contributed by atoms with E-state index in [1.807, 2.05) is 22.6 Å². The molecule has 1 aromatic rings. The van der Waals surface area contributed by atoms with Crippen LogP contribution >= 0.6 is 22.6 Å². The number of alkyl halides is 6. The fourth-order valence-corrected chi connectivity index (χ4v) is 1.21. The summed E-state index contributed by atoms with van der Waals surface area (Å²) in [5, 5.41) is 0. The Balaban J connectivity index is 0.000000423. The van der Waals surface area contributed by atoms with Crippen molar-refractivity contribution in [2.75, 3.05) is 0 Å². The second-order valence-corrected chi connectivity index (χ2v) is 3.50. The molecule has 0 spiro atoms. The lowest BCUT2D eigenvalue weighted by Gasteiger charge is -2.05. The van der Waals surface area contributed by atoms with Gasteiger partial charge in [0.1, 0.15) is 0 Å². The average molecular weight is 342 g/mol. The van der Waals surface area contributed by atoms with Gasteiger partial charge in [-0.2, -0.15) is 26.3 Å². The number of hydrogen-bond acceptors (Lipinski definition) is 0. The Morgan fingerprint density at radius 2 is 1.53 bits per heavy atom. The van der Waals surface area contributed by atoms with E-state index in [4.69, 9.17) is 0 Å². The number of halogens is 7. The Hall–Kier alpha value is -0.470. The van der Waals surface area contributed by atoms with Crippen LogP contribution in [-0.4, -0.2) is 6.68 Å². The van der Waals surface area contributed by atoms with Crippen molar-refractivity contribution in [2.24, 2.45) is 0 Å². The molecule has 0 unspecified atom stereocenters. The minimum absolute atomic E-state index is 0.593. The van der Waals surface area contributed by atoms with Gasteiger partial charge in [-0.3, -0.25) is 0 Å². The summed E-state index contributed by atoms with van der Waals surface area (Å²) >= 11 is 1.85. The van der Waals surface area contributed by atoms with Crippen LogP contribution in [0.25, 0.3) is 0 Å². The van der Waals surface area contributed by atoms with Crippen molar-refractivity contribution in [3.05, 3.63) is 33.4 Å². The second-order valence-electron chi connectivity index (χ2n) is 2.26. The zero-order chi connectivity index (χ0) is 12.1. The molecule has 0 saturated carbocycles. The molecule has 0 heterocycles. The maximum Gasteiger partial charge on any atom is 0.416 e. The van der Waals surface area contributed by atoms with Crippen molar-refractivity contribution < 1.29 is 26.3 Å². The monoisotopic (exact) mass is 342 g/mol. The smallest absolute Gasteiger partial charge is 0.174 e. The predicted octanol–water partition coefficient (Wildman–Crippen LogP) is 4.49. The van der Waals surface area contributed by atoms with Gasteiger partial charge in [0, 0.05) is 3.57 Å². The molecular weight excluding hydrogens is 337 g/mol. The van der Waals surface area contributed by atoms with Crippen LogP contribution in [0.1, 0.15) is 5.56 Å². The Morgan fingerprint density at radius 3 is 1.80 bits per heavy atom. The Bertz CT molecular complexity index is 293. The van der Waals surface area contributed by atoms with Crippen LogP contribution in [0.4, 0.5) is 26.3 Å². The van der Waals surface area contributed by atoms with E-state index in [2.05, 4.69) is 0 Å². The third-order valence-electron chi connectivity index (χ3n) is 1.15. The lowest BCUT2D eigenvalue weighted by Crippen LogP contribution is -2.04. The van der Waals surface area contributed by atoms with Gasteiger partial charge in [0.25, 0.3) is 0 Å². The van der Waals surface area contributed by atoms with Crippen LogP contribution in [0.3, 0.4) is 0 Å². The number of rotatable bonds is 0. The maximum atomic E-state index is 12.0. The van der Waals surface area contributed by atoms with Crippen LogP contribution in [0.15, 0.2) is 24.3 Å². The minimum atomic E-state index is -4.22. The first kappa shape index (κ1) is 14.5. The van der Waals surface area contributed by atoms with E-state index < -0.39 is 18.4 Å². The quantitative estimate of drug-likeness (QED) is 0.482. The molecule has 1 aromatic carbocycles. The Labute approximate surface area is 95.4 Å². The van der Waals surface area contributed by atoms with Crippen molar-refractivity contribution in [3.63, 3.8) is 0 Å². The van der Waals surface area contributed by atoms with Gasteiger partial charge in [-0.05, 0) is 40.8 Å². The van der Waals surface area contributed by atoms with Crippen molar-refractivity contribution in [1.82, 2.24) is 0 Å². The third kappa shape index (κ3) is 7.46. The first-order chi connectivity index (χ1) is 6.73. The largest absolute Gasteiger partial charge is 0.416 e. The molecule has 0 radical (unpaired) electrons. The summed E-state index contributed by atoms with van der Waals surface area (Å²) < 4.78 is 65.5. The molecule has 0 fully saturated rings. The molecule has 7 heteroatoms. The molecule has 0 atom stereocenters. The maximum absolute atomic E-state index is 12.0. The highest BCUT2D eigenvalue weighted by Crippen LogP contribution is 2.29. The number of hydrogen-bond donors (Lipinski definition) is 0. The summed E-state index contributed by atoms with van der Waals surface area (Å²) in [5.41, 5.74) is -0.593. The lowest BCUT2D eigenvalue weighted by atomic mass is 10.2. The zero-order valence-electron chi connectivity index (χ0n) is 7.03. The van der Waals surface area contributed by atoms with Crippen LogP contribution in [0.5, 0.6) is 0 Å². The summed E-state index contributed by atoms with van der Waals surface area (Å²) in [6.07, 6.45) is -4.22. The Kier molecular flexibility index (Phi) is 5.99. The van der Waals surface area contributed by atoms with Gasteiger partial charge in [0.15, 0.2) is 0 Å². The highest BCUT2D eigenvalue weighted by atomic mass is 127. The van der Waals surface area contributed by atoms with Crippen molar-refractivity contribution in [2.45, 2.75) is 12.9 Å². The topological polar surface area (TPSA) is 0 Å². The molecule has 1 rings (SSSR count). The molecule has 0 aliphatic carbocycles. The second kappa shape index (κ2) is 6.19. The van der Waals surface area contributed by atoms with Crippen molar-refractivity contribution in [3.8, 4) is 0 Å². The van der Waals surface area contributed by atoms with Gasteiger partial charge >= 0.3 is 12.9 Å². The SMILES string of the molecule is FC(F)(F)c1cccc(I)c1.FC(F)F. The molecule has 0 amide bonds. The van der Waals surface area contributed by atoms with Gasteiger partial charge in [-0.25, -0.2) is 0 Å². The van der Waals surface area contributed by atoms with Gasteiger partial charge in [0.05, 0.1) is 5.56 Å². The molecule has 0 nitrogen and oxygen atoms in total. The van der Waals surface area contributed by atoms with Crippen molar-refractivity contribution >= 4 is 22.6 Å². The fraction of sp³-hybridized carbons (Fsp3) is 0.250. The van der Waals surface area contributed by atoms with E-state index in [1.54, 1.807) is 6.07 Å². The zero-order valence-corrected chi connectivity index (χ0v) is 9.19. The molecule has 0 aromatic heterocycles. The number of benzene rings is 1. The van der Waals surface area contributed by atoms with E-state index in [-0.39, 0.29) is 0 Å². The van der Waals surface area contributed by atoms with E-state index in [9.17, 15) is 26.3 Å². The molecule has 0 N–H and O–H groups in total. The lowest BCUT2D eigenvalue weighted by molar-refractivity contribution is -0.137. The summed E-state index contributed by atoms with van der Waals surface area (Å²) in [7, 11) is 0. The highest BCUT2D eigenvalue weighted by molar-refractivity contribution is 14.1. The van der Waals surface area contributed by atoms with Crippen molar-refractivity contribution in [1.29, 1.82) is 0 Å². The molecule has 0 bridgehead atoms.